The van der Waals surface area contributed by atoms with Gasteiger partial charge in [-0.3, -0.25) is 10.1 Å². The molecule has 1 saturated heterocycles. The van der Waals surface area contributed by atoms with Crippen LogP contribution in [0.4, 0.5) is 0 Å². The average Bonchev–Trinajstić information content (AvgIpc) is 2.93. The van der Waals surface area contributed by atoms with Crippen molar-refractivity contribution in [3.63, 3.8) is 0 Å². The maximum atomic E-state index is 4.43. The van der Waals surface area contributed by atoms with Gasteiger partial charge in [0.25, 0.3) is 0 Å². The van der Waals surface area contributed by atoms with E-state index in [9.17, 15) is 0 Å². The van der Waals surface area contributed by atoms with Crippen molar-refractivity contribution in [2.45, 2.75) is 32.1 Å². The molecule has 0 amide bonds. The number of aromatic amines is 1. The average molecular weight is 270 g/mol. The first-order valence-electron chi connectivity index (χ1n) is 7.45. The van der Waals surface area contributed by atoms with E-state index in [0.29, 0.717) is 5.92 Å². The Morgan fingerprint density at radius 2 is 2.35 bits per heavy atom. The quantitative estimate of drug-likeness (QED) is 0.928. The van der Waals surface area contributed by atoms with Gasteiger partial charge in [0.05, 0.1) is 5.69 Å². The second kappa shape index (κ2) is 6.18. The number of rotatable bonds is 4. The van der Waals surface area contributed by atoms with Crippen LogP contribution in [0.25, 0.3) is 0 Å². The molecule has 2 aromatic heterocycles. The van der Waals surface area contributed by atoms with Gasteiger partial charge in [-0.15, -0.1) is 0 Å². The Hall–Kier alpha value is -1.68. The zero-order valence-electron chi connectivity index (χ0n) is 12.0. The van der Waals surface area contributed by atoms with Crippen molar-refractivity contribution in [1.82, 2.24) is 20.1 Å². The number of nitrogens with zero attached hydrogens (tertiary/aromatic N) is 3. The van der Waals surface area contributed by atoms with Gasteiger partial charge in [-0.25, -0.2) is 0 Å². The Balaban J connectivity index is 1.55. The van der Waals surface area contributed by atoms with E-state index in [1.54, 1.807) is 0 Å². The largest absolute Gasteiger partial charge is 0.302 e. The third-order valence-electron chi connectivity index (χ3n) is 4.06. The molecule has 1 N–H and O–H groups in total. The molecule has 0 saturated carbocycles. The second-order valence-electron chi connectivity index (χ2n) is 5.69. The number of piperidine rings is 1. The number of hydrogen-bond donors (Lipinski definition) is 1. The molecule has 0 radical (unpaired) electrons. The second-order valence-corrected chi connectivity index (χ2v) is 5.69. The van der Waals surface area contributed by atoms with Gasteiger partial charge < -0.3 is 4.90 Å². The predicted molar refractivity (Wildman–Crippen MR) is 79.7 cm³/mol. The Kier molecular flexibility index (Phi) is 4.11. The van der Waals surface area contributed by atoms with Crippen molar-refractivity contribution in [3.05, 3.63) is 47.5 Å². The van der Waals surface area contributed by atoms with E-state index in [1.165, 1.54) is 30.8 Å². The smallest absolute Gasteiger partial charge is 0.0668 e. The van der Waals surface area contributed by atoms with Crippen molar-refractivity contribution >= 4 is 0 Å². The third-order valence-corrected chi connectivity index (χ3v) is 4.06. The van der Waals surface area contributed by atoms with E-state index in [2.05, 4.69) is 45.2 Å². The Morgan fingerprint density at radius 3 is 3.10 bits per heavy atom. The molecule has 0 bridgehead atoms. The van der Waals surface area contributed by atoms with Gasteiger partial charge in [0.1, 0.15) is 0 Å². The fraction of sp³-hybridized carbons (Fsp3) is 0.500. The van der Waals surface area contributed by atoms with E-state index >= 15 is 0 Å². The molecule has 0 aromatic carbocycles. The van der Waals surface area contributed by atoms with Crippen molar-refractivity contribution in [2.75, 3.05) is 19.6 Å². The first-order chi connectivity index (χ1) is 9.81. The molecule has 20 heavy (non-hydrogen) atoms. The van der Waals surface area contributed by atoms with E-state index < -0.39 is 0 Å². The van der Waals surface area contributed by atoms with Crippen LogP contribution in [0.15, 0.2) is 30.5 Å². The van der Waals surface area contributed by atoms with Crippen LogP contribution in [-0.4, -0.2) is 39.7 Å². The zero-order valence-corrected chi connectivity index (χ0v) is 12.0. The number of likely N-dealkylation sites (tertiary alicyclic amines) is 1. The van der Waals surface area contributed by atoms with Gasteiger partial charge in [-0.2, -0.15) is 5.10 Å². The standard InChI is InChI=1S/C16H22N4/c1-13-11-16(19-18-13)14-5-4-9-20(12-14)10-7-15-6-2-3-8-17-15/h2-3,6,8,11,14H,4-5,7,9-10,12H2,1H3,(H,18,19). The maximum absolute atomic E-state index is 4.43. The maximum Gasteiger partial charge on any atom is 0.0668 e. The molecular weight excluding hydrogens is 248 g/mol. The molecule has 1 unspecified atom stereocenters. The number of aromatic nitrogens is 3. The molecule has 3 rings (SSSR count). The summed E-state index contributed by atoms with van der Waals surface area (Å²) in [6, 6.07) is 8.33. The number of nitrogens with one attached hydrogen (secondary N) is 1. The zero-order chi connectivity index (χ0) is 13.8. The topological polar surface area (TPSA) is 44.8 Å². The first-order valence-corrected chi connectivity index (χ1v) is 7.45. The summed E-state index contributed by atoms with van der Waals surface area (Å²) in [5, 5.41) is 7.49. The van der Waals surface area contributed by atoms with Crippen LogP contribution in [0.3, 0.4) is 0 Å². The van der Waals surface area contributed by atoms with Crippen LogP contribution in [0.5, 0.6) is 0 Å². The molecule has 4 heteroatoms. The molecular formula is C16H22N4. The number of H-pyrrole nitrogens is 1. The molecule has 106 valence electrons. The SMILES string of the molecule is Cc1cc(C2CCCN(CCc3ccccn3)C2)n[nH]1. The van der Waals surface area contributed by atoms with Gasteiger partial charge in [-0.1, -0.05) is 6.07 Å². The number of hydrogen-bond acceptors (Lipinski definition) is 3. The summed E-state index contributed by atoms with van der Waals surface area (Å²) in [4.78, 5) is 6.95. The minimum atomic E-state index is 0.581. The van der Waals surface area contributed by atoms with Gasteiger partial charge in [-0.05, 0) is 44.5 Å². The van der Waals surface area contributed by atoms with Gasteiger partial charge in [0, 0.05) is 43.0 Å². The van der Waals surface area contributed by atoms with Crippen LogP contribution in [-0.2, 0) is 6.42 Å². The predicted octanol–water partition coefficient (Wildman–Crippen LogP) is 2.54. The molecule has 0 aliphatic carbocycles. The van der Waals surface area contributed by atoms with E-state index in [1.807, 2.05) is 12.3 Å². The Labute approximate surface area is 120 Å². The minimum Gasteiger partial charge on any atom is -0.302 e. The van der Waals surface area contributed by atoms with E-state index in [-0.39, 0.29) is 0 Å². The van der Waals surface area contributed by atoms with Gasteiger partial charge in [0.15, 0.2) is 0 Å². The van der Waals surface area contributed by atoms with Crippen LogP contribution in [0.2, 0.25) is 0 Å². The molecule has 1 aliphatic heterocycles. The summed E-state index contributed by atoms with van der Waals surface area (Å²) in [5.74, 6) is 0.581. The highest BCUT2D eigenvalue weighted by Crippen LogP contribution is 2.25. The Morgan fingerprint density at radius 1 is 1.40 bits per heavy atom. The summed E-state index contributed by atoms with van der Waals surface area (Å²) >= 11 is 0. The molecule has 3 heterocycles. The van der Waals surface area contributed by atoms with Crippen LogP contribution in [0, 0.1) is 6.92 Å². The van der Waals surface area contributed by atoms with E-state index in [0.717, 1.165) is 25.2 Å². The lowest BCUT2D eigenvalue weighted by molar-refractivity contribution is 0.208. The normalized spacial score (nSPS) is 20.1. The minimum absolute atomic E-state index is 0.581. The highest BCUT2D eigenvalue weighted by atomic mass is 15.2. The molecule has 4 nitrogen and oxygen atoms in total. The number of aryl methyl sites for hydroxylation is 1. The van der Waals surface area contributed by atoms with Crippen LogP contribution in [0.1, 0.15) is 35.8 Å². The summed E-state index contributed by atoms with van der Waals surface area (Å²) in [6.45, 7) is 5.49. The van der Waals surface area contributed by atoms with Gasteiger partial charge >= 0.3 is 0 Å². The molecule has 2 aromatic rings. The first kappa shape index (κ1) is 13.3. The monoisotopic (exact) mass is 270 g/mol. The van der Waals surface area contributed by atoms with Crippen molar-refractivity contribution in [3.8, 4) is 0 Å². The lowest BCUT2D eigenvalue weighted by Gasteiger charge is -2.31. The summed E-state index contributed by atoms with van der Waals surface area (Å²) < 4.78 is 0. The molecule has 1 fully saturated rings. The molecule has 0 spiro atoms. The van der Waals surface area contributed by atoms with Crippen LogP contribution < -0.4 is 0 Å². The lowest BCUT2D eigenvalue weighted by atomic mass is 9.94. The van der Waals surface area contributed by atoms with E-state index in [4.69, 9.17) is 0 Å². The highest BCUT2D eigenvalue weighted by molar-refractivity contribution is 5.13. The van der Waals surface area contributed by atoms with Crippen LogP contribution >= 0.6 is 0 Å². The molecule has 1 atom stereocenters. The Bertz CT molecular complexity index is 534. The fourth-order valence-electron chi connectivity index (χ4n) is 2.97. The van der Waals surface area contributed by atoms with Gasteiger partial charge in [0.2, 0.25) is 0 Å². The lowest BCUT2D eigenvalue weighted by Crippen LogP contribution is -2.36. The fourth-order valence-corrected chi connectivity index (χ4v) is 2.97. The highest BCUT2D eigenvalue weighted by Gasteiger charge is 2.22. The number of pyridine rings is 1. The summed E-state index contributed by atoms with van der Waals surface area (Å²) in [5.41, 5.74) is 3.57. The van der Waals surface area contributed by atoms with Crippen molar-refractivity contribution in [1.29, 1.82) is 0 Å². The summed E-state index contributed by atoms with van der Waals surface area (Å²) in [7, 11) is 0. The van der Waals surface area contributed by atoms with Crippen molar-refractivity contribution < 1.29 is 0 Å². The third kappa shape index (κ3) is 3.25. The van der Waals surface area contributed by atoms with Crippen molar-refractivity contribution in [2.24, 2.45) is 0 Å². The summed E-state index contributed by atoms with van der Waals surface area (Å²) in [6.07, 6.45) is 5.43. The molecule has 1 aliphatic rings.